The Hall–Kier alpha value is -2.44. The number of nitrogens with two attached hydrogens (primary N) is 1. The van der Waals surface area contributed by atoms with Crippen LogP contribution in [0.2, 0.25) is 0 Å². The number of carbonyl (C=O) groups is 3. The van der Waals surface area contributed by atoms with Gasteiger partial charge in [0, 0.05) is 30.5 Å². The predicted octanol–water partition coefficient (Wildman–Crippen LogP) is 0.183. The van der Waals surface area contributed by atoms with Gasteiger partial charge in [0.15, 0.2) is 0 Å². The summed E-state index contributed by atoms with van der Waals surface area (Å²) in [5, 5.41) is 5.28. The van der Waals surface area contributed by atoms with Gasteiger partial charge in [-0.15, -0.1) is 0 Å². The summed E-state index contributed by atoms with van der Waals surface area (Å²) in [4.78, 5) is 34.6. The molecule has 0 aromatic heterocycles. The van der Waals surface area contributed by atoms with Gasteiger partial charge in [-0.1, -0.05) is 0 Å². The van der Waals surface area contributed by atoms with Gasteiger partial charge in [0.1, 0.15) is 5.82 Å². The number of nitrogens with one attached hydrogen (secondary N) is 2. The Labute approximate surface area is 127 Å². The van der Waals surface area contributed by atoms with Crippen molar-refractivity contribution in [3.8, 4) is 0 Å². The van der Waals surface area contributed by atoms with E-state index in [1.807, 2.05) is 0 Å². The highest BCUT2D eigenvalue weighted by Gasteiger charge is 2.39. The van der Waals surface area contributed by atoms with Gasteiger partial charge >= 0.3 is 0 Å². The van der Waals surface area contributed by atoms with Crippen molar-refractivity contribution in [3.05, 3.63) is 35.6 Å². The normalized spacial score (nSPS) is 19.9. The van der Waals surface area contributed by atoms with E-state index in [0.717, 1.165) is 0 Å². The van der Waals surface area contributed by atoms with Crippen LogP contribution < -0.4 is 16.4 Å². The second-order valence-electron chi connectivity index (χ2n) is 5.25. The molecule has 2 atom stereocenters. The van der Waals surface area contributed by atoms with Gasteiger partial charge in [0.05, 0.1) is 0 Å². The topological polar surface area (TPSA) is 101 Å². The van der Waals surface area contributed by atoms with E-state index in [1.165, 1.54) is 24.3 Å². The highest BCUT2D eigenvalue weighted by molar-refractivity contribution is 5.94. The lowest BCUT2D eigenvalue weighted by Crippen LogP contribution is -2.47. The molecule has 2 rings (SSSR count). The first kappa shape index (κ1) is 15.9. The molecule has 1 aromatic rings. The van der Waals surface area contributed by atoms with E-state index in [9.17, 15) is 18.8 Å². The summed E-state index contributed by atoms with van der Waals surface area (Å²) in [5.41, 5.74) is 5.54. The van der Waals surface area contributed by atoms with Crippen molar-refractivity contribution in [2.45, 2.75) is 12.8 Å². The average Bonchev–Trinajstić information content (AvgIpc) is 2.42. The number of amides is 3. The molecule has 118 valence electrons. The van der Waals surface area contributed by atoms with Gasteiger partial charge in [-0.2, -0.15) is 0 Å². The smallest absolute Gasteiger partial charge is 0.251 e. The minimum absolute atomic E-state index is 0.217. The van der Waals surface area contributed by atoms with Crippen LogP contribution in [0.4, 0.5) is 4.39 Å². The van der Waals surface area contributed by atoms with Crippen LogP contribution in [0.1, 0.15) is 23.2 Å². The first-order valence-electron chi connectivity index (χ1n) is 7.10. The van der Waals surface area contributed by atoms with Crippen LogP contribution in [0.3, 0.4) is 0 Å². The molecule has 0 bridgehead atoms. The maximum atomic E-state index is 12.7. The van der Waals surface area contributed by atoms with E-state index >= 15 is 0 Å². The van der Waals surface area contributed by atoms with Crippen molar-refractivity contribution >= 4 is 17.7 Å². The second kappa shape index (κ2) is 7.02. The SMILES string of the molecule is NC(=O)[C@@H]1CC[C@@H]1C(=O)NCCNC(=O)c1ccc(F)cc1. The van der Waals surface area contributed by atoms with Gasteiger partial charge in [0.25, 0.3) is 5.91 Å². The summed E-state index contributed by atoms with van der Waals surface area (Å²) in [7, 11) is 0. The molecule has 0 spiro atoms. The number of carbonyl (C=O) groups excluding carboxylic acids is 3. The summed E-state index contributed by atoms with van der Waals surface area (Å²) in [6.45, 7) is 0.504. The van der Waals surface area contributed by atoms with Gasteiger partial charge in [-0.05, 0) is 37.1 Å². The highest BCUT2D eigenvalue weighted by atomic mass is 19.1. The molecule has 0 heterocycles. The zero-order chi connectivity index (χ0) is 16.1. The largest absolute Gasteiger partial charge is 0.369 e. The molecule has 3 amide bonds. The third-order valence-electron chi connectivity index (χ3n) is 3.79. The summed E-state index contributed by atoms with van der Waals surface area (Å²) in [5.74, 6) is -2.15. The number of rotatable bonds is 6. The Balaban J connectivity index is 1.69. The van der Waals surface area contributed by atoms with E-state index < -0.39 is 11.7 Å². The molecular formula is C15H18FN3O3. The van der Waals surface area contributed by atoms with Crippen LogP contribution in [0.5, 0.6) is 0 Å². The Bertz CT molecular complexity index is 574. The summed E-state index contributed by atoms with van der Waals surface area (Å²) >= 11 is 0. The van der Waals surface area contributed by atoms with Crippen LogP contribution in [0.15, 0.2) is 24.3 Å². The molecule has 0 saturated heterocycles. The molecule has 7 heteroatoms. The lowest BCUT2D eigenvalue weighted by atomic mass is 9.72. The molecule has 0 aliphatic heterocycles. The standard InChI is InChI=1S/C15H18FN3O3/c16-10-3-1-9(2-4-10)14(21)18-7-8-19-15(22)12-6-5-11(12)13(17)20/h1-4,11-12H,5-8H2,(H2,17,20)(H,18,21)(H,19,22)/t11-,12+/m1/s1. The molecule has 22 heavy (non-hydrogen) atoms. The Morgan fingerprint density at radius 3 is 2.18 bits per heavy atom. The third kappa shape index (κ3) is 3.81. The van der Waals surface area contributed by atoms with E-state index in [2.05, 4.69) is 10.6 Å². The Morgan fingerprint density at radius 1 is 1.05 bits per heavy atom. The molecule has 6 nitrogen and oxygen atoms in total. The fourth-order valence-electron chi connectivity index (χ4n) is 2.35. The van der Waals surface area contributed by atoms with Crippen molar-refractivity contribution in [2.24, 2.45) is 17.6 Å². The summed E-state index contributed by atoms with van der Waals surface area (Å²) in [6.07, 6.45) is 1.30. The monoisotopic (exact) mass is 307 g/mol. The van der Waals surface area contributed by atoms with Gasteiger partial charge in [-0.25, -0.2) is 4.39 Å². The van der Waals surface area contributed by atoms with E-state index in [-0.39, 0.29) is 36.7 Å². The quantitative estimate of drug-likeness (QED) is 0.654. The molecule has 1 fully saturated rings. The van der Waals surface area contributed by atoms with Crippen molar-refractivity contribution in [1.82, 2.24) is 10.6 Å². The van der Waals surface area contributed by atoms with E-state index in [0.29, 0.717) is 18.4 Å². The lowest BCUT2D eigenvalue weighted by Gasteiger charge is -2.32. The first-order chi connectivity index (χ1) is 10.5. The molecule has 1 saturated carbocycles. The molecule has 1 aromatic carbocycles. The number of halogens is 1. The van der Waals surface area contributed by atoms with E-state index in [4.69, 9.17) is 5.73 Å². The average molecular weight is 307 g/mol. The zero-order valence-electron chi connectivity index (χ0n) is 12.0. The zero-order valence-corrected chi connectivity index (χ0v) is 12.0. The highest BCUT2D eigenvalue weighted by Crippen LogP contribution is 2.33. The molecule has 1 aliphatic rings. The Morgan fingerprint density at radius 2 is 1.64 bits per heavy atom. The van der Waals surface area contributed by atoms with Gasteiger partial charge in [0.2, 0.25) is 11.8 Å². The molecule has 4 N–H and O–H groups in total. The minimum Gasteiger partial charge on any atom is -0.369 e. The van der Waals surface area contributed by atoms with Crippen LogP contribution in [-0.2, 0) is 9.59 Å². The van der Waals surface area contributed by atoms with E-state index in [1.54, 1.807) is 0 Å². The van der Waals surface area contributed by atoms with Crippen LogP contribution in [0.25, 0.3) is 0 Å². The van der Waals surface area contributed by atoms with Crippen LogP contribution >= 0.6 is 0 Å². The summed E-state index contributed by atoms with van der Waals surface area (Å²) in [6, 6.07) is 5.18. The van der Waals surface area contributed by atoms with Gasteiger partial charge in [-0.3, -0.25) is 14.4 Å². The number of primary amides is 1. The second-order valence-corrected chi connectivity index (χ2v) is 5.25. The molecular weight excluding hydrogens is 289 g/mol. The van der Waals surface area contributed by atoms with Crippen LogP contribution in [-0.4, -0.2) is 30.8 Å². The molecule has 1 aliphatic carbocycles. The minimum atomic E-state index is -0.448. The maximum absolute atomic E-state index is 12.7. The lowest BCUT2D eigenvalue weighted by molar-refractivity contribution is -0.138. The van der Waals surface area contributed by atoms with Crippen LogP contribution in [0, 0.1) is 17.7 Å². The predicted molar refractivity (Wildman–Crippen MR) is 77.2 cm³/mol. The maximum Gasteiger partial charge on any atom is 0.251 e. The third-order valence-corrected chi connectivity index (χ3v) is 3.79. The van der Waals surface area contributed by atoms with Crippen molar-refractivity contribution < 1.29 is 18.8 Å². The van der Waals surface area contributed by atoms with Gasteiger partial charge < -0.3 is 16.4 Å². The number of hydrogen-bond donors (Lipinski definition) is 3. The summed E-state index contributed by atoms with van der Waals surface area (Å²) < 4.78 is 12.7. The number of benzene rings is 1. The van der Waals surface area contributed by atoms with Crippen molar-refractivity contribution in [3.63, 3.8) is 0 Å². The fourth-order valence-corrected chi connectivity index (χ4v) is 2.35. The fraction of sp³-hybridized carbons (Fsp3) is 0.400. The molecule has 0 unspecified atom stereocenters. The number of hydrogen-bond acceptors (Lipinski definition) is 3. The first-order valence-corrected chi connectivity index (χ1v) is 7.10. The van der Waals surface area contributed by atoms with Crippen molar-refractivity contribution in [2.75, 3.05) is 13.1 Å². The molecule has 0 radical (unpaired) electrons. The Kier molecular flexibility index (Phi) is 5.08. The van der Waals surface area contributed by atoms with Crippen molar-refractivity contribution in [1.29, 1.82) is 0 Å².